The van der Waals surface area contributed by atoms with Gasteiger partial charge in [-0.3, -0.25) is 14.5 Å². The number of pyridine rings is 2. The van der Waals surface area contributed by atoms with Gasteiger partial charge in [-0.25, -0.2) is 23.4 Å². The molecule has 2 N–H and O–H groups in total. The van der Waals surface area contributed by atoms with Crippen LogP contribution in [0.2, 0.25) is 0 Å². The highest BCUT2D eigenvalue weighted by molar-refractivity contribution is 5.70. The van der Waals surface area contributed by atoms with Gasteiger partial charge in [-0.15, -0.1) is 0 Å². The molecule has 0 bridgehead atoms. The van der Waals surface area contributed by atoms with Crippen molar-refractivity contribution < 1.29 is 23.4 Å². The lowest BCUT2D eigenvalue weighted by molar-refractivity contribution is 0.0471. The maximum atomic E-state index is 13.9. The number of aromatic nitrogens is 4. The molecule has 1 aromatic carbocycles. The van der Waals surface area contributed by atoms with Gasteiger partial charge in [0.15, 0.2) is 5.65 Å². The Morgan fingerprint density at radius 2 is 1.72 bits per heavy atom. The summed E-state index contributed by atoms with van der Waals surface area (Å²) in [5, 5.41) is 11.2. The molecule has 0 spiro atoms. The summed E-state index contributed by atoms with van der Waals surface area (Å²) in [5.41, 5.74) is 2.28. The second-order valence-corrected chi connectivity index (χ2v) is 10.1. The van der Waals surface area contributed by atoms with Crippen LogP contribution in [-0.2, 0) is 4.74 Å². The summed E-state index contributed by atoms with van der Waals surface area (Å²) in [5.74, 6) is -2.03. The van der Waals surface area contributed by atoms with Crippen molar-refractivity contribution in [3.63, 3.8) is 0 Å². The lowest BCUT2D eigenvalue weighted by Crippen LogP contribution is -2.41. The van der Waals surface area contributed by atoms with Crippen molar-refractivity contribution in [2.24, 2.45) is 0 Å². The van der Waals surface area contributed by atoms with Crippen molar-refractivity contribution in [2.75, 3.05) is 13.1 Å². The van der Waals surface area contributed by atoms with Crippen LogP contribution < -0.4 is 5.69 Å². The largest absolute Gasteiger partial charge is 0.440 e. The van der Waals surface area contributed by atoms with Crippen LogP contribution in [0, 0.1) is 11.6 Å². The number of benzene rings is 1. The summed E-state index contributed by atoms with van der Waals surface area (Å²) >= 11 is 0. The van der Waals surface area contributed by atoms with Crippen LogP contribution in [0.25, 0.3) is 11.2 Å². The molecule has 3 aromatic heterocycles. The molecule has 202 valence electrons. The average Bonchev–Trinajstić information content (AvgIpc) is 3.20. The van der Waals surface area contributed by atoms with E-state index in [2.05, 4.69) is 15.0 Å². The van der Waals surface area contributed by atoms with Gasteiger partial charge in [0.25, 0.3) is 0 Å². The number of hydrogen-bond donors (Lipinski definition) is 2. The molecule has 9 nitrogen and oxygen atoms in total. The SMILES string of the molecule is O=C(O[C@@H]1CC[C@@H](c2cc(F)cc(F)c2)[C@H](O)c2cccnc21)N1CCC(n2c(=O)[nH]c3ncccc32)CC1. The second-order valence-electron chi connectivity index (χ2n) is 10.1. The Morgan fingerprint density at radius 1 is 1.00 bits per heavy atom. The minimum atomic E-state index is -1.07. The van der Waals surface area contributed by atoms with Gasteiger partial charge in [-0.1, -0.05) is 6.07 Å². The third-order valence-electron chi connectivity index (χ3n) is 7.75. The average molecular weight is 536 g/mol. The van der Waals surface area contributed by atoms with Crippen molar-refractivity contribution in [1.82, 2.24) is 24.4 Å². The molecule has 4 heterocycles. The van der Waals surface area contributed by atoms with Crippen LogP contribution in [0.5, 0.6) is 0 Å². The summed E-state index contributed by atoms with van der Waals surface area (Å²) in [6, 6.07) is 10.1. The van der Waals surface area contributed by atoms with Gasteiger partial charge in [0.1, 0.15) is 17.7 Å². The van der Waals surface area contributed by atoms with E-state index < -0.39 is 35.9 Å². The number of hydrogen-bond acceptors (Lipinski definition) is 6. The number of imidazole rings is 1. The smallest absolute Gasteiger partial charge is 0.410 e. The van der Waals surface area contributed by atoms with E-state index in [-0.39, 0.29) is 11.7 Å². The molecule has 2 aliphatic rings. The summed E-state index contributed by atoms with van der Waals surface area (Å²) in [7, 11) is 0. The highest BCUT2D eigenvalue weighted by Gasteiger charge is 2.36. The number of carbonyl (C=O) groups excluding carboxylic acids is 1. The van der Waals surface area contributed by atoms with Gasteiger partial charge in [-0.05, 0) is 61.6 Å². The Kier molecular flexibility index (Phi) is 6.59. The number of aromatic amines is 1. The number of likely N-dealkylation sites (tertiary alicyclic amines) is 1. The van der Waals surface area contributed by atoms with Gasteiger partial charge in [0, 0.05) is 49.1 Å². The first-order valence-corrected chi connectivity index (χ1v) is 13.0. The van der Waals surface area contributed by atoms with E-state index in [4.69, 9.17) is 4.74 Å². The second kappa shape index (κ2) is 10.2. The molecule has 1 amide bonds. The van der Waals surface area contributed by atoms with Crippen LogP contribution in [-0.4, -0.2) is 48.7 Å². The number of H-pyrrole nitrogens is 1. The maximum absolute atomic E-state index is 13.9. The molecular weight excluding hydrogens is 508 g/mol. The molecule has 39 heavy (non-hydrogen) atoms. The molecule has 1 saturated heterocycles. The topological polar surface area (TPSA) is 113 Å². The van der Waals surface area contributed by atoms with E-state index >= 15 is 0 Å². The molecule has 0 saturated carbocycles. The highest BCUT2D eigenvalue weighted by atomic mass is 19.1. The zero-order valence-electron chi connectivity index (χ0n) is 21.0. The van der Waals surface area contributed by atoms with Crippen molar-refractivity contribution in [1.29, 1.82) is 0 Å². The van der Waals surface area contributed by atoms with Gasteiger partial charge in [-0.2, -0.15) is 0 Å². The number of nitrogens with zero attached hydrogens (tertiary/aromatic N) is 4. The number of amides is 1. The van der Waals surface area contributed by atoms with Crippen LogP contribution in [0.4, 0.5) is 13.6 Å². The first-order valence-electron chi connectivity index (χ1n) is 13.0. The summed E-state index contributed by atoms with van der Waals surface area (Å²) in [4.78, 5) is 38.8. The summed E-state index contributed by atoms with van der Waals surface area (Å²) < 4.78 is 35.5. The molecule has 0 unspecified atom stereocenters. The van der Waals surface area contributed by atoms with Gasteiger partial charge in [0.05, 0.1) is 17.3 Å². The van der Waals surface area contributed by atoms with Crippen LogP contribution >= 0.6 is 0 Å². The van der Waals surface area contributed by atoms with Crippen molar-refractivity contribution >= 4 is 17.3 Å². The minimum Gasteiger partial charge on any atom is -0.440 e. The molecule has 4 aromatic rings. The fourth-order valence-corrected chi connectivity index (χ4v) is 5.87. The quantitative estimate of drug-likeness (QED) is 0.373. The molecule has 0 radical (unpaired) electrons. The third kappa shape index (κ3) is 4.78. The Labute approximate surface area is 222 Å². The Hall–Kier alpha value is -4.12. The summed E-state index contributed by atoms with van der Waals surface area (Å²) in [6.07, 6.45) is 2.68. The van der Waals surface area contributed by atoms with E-state index in [1.807, 2.05) is 6.07 Å². The summed E-state index contributed by atoms with van der Waals surface area (Å²) in [6.45, 7) is 0.803. The maximum Gasteiger partial charge on any atom is 0.410 e. The number of halogens is 2. The van der Waals surface area contributed by atoms with Crippen molar-refractivity contribution in [3.8, 4) is 0 Å². The molecule has 1 fully saturated rings. The number of piperidine rings is 1. The molecule has 1 aliphatic heterocycles. The fraction of sp³-hybridized carbons (Fsp3) is 0.357. The number of carbonyl (C=O) groups is 1. The van der Waals surface area contributed by atoms with E-state index in [0.29, 0.717) is 61.2 Å². The Balaban J connectivity index is 1.17. The van der Waals surface area contributed by atoms with E-state index in [1.54, 1.807) is 40.1 Å². The predicted octanol–water partition coefficient (Wildman–Crippen LogP) is 4.52. The lowest BCUT2D eigenvalue weighted by atomic mass is 9.87. The third-order valence-corrected chi connectivity index (χ3v) is 7.75. The Morgan fingerprint density at radius 3 is 2.49 bits per heavy atom. The number of fused-ring (bicyclic) bond motifs is 2. The lowest BCUT2D eigenvalue weighted by Gasteiger charge is -2.33. The Bertz CT molecular complexity index is 1560. The first kappa shape index (κ1) is 25.2. The zero-order valence-corrected chi connectivity index (χ0v) is 21.0. The van der Waals surface area contributed by atoms with Crippen molar-refractivity contribution in [3.05, 3.63) is 93.8 Å². The van der Waals surface area contributed by atoms with Gasteiger partial charge in [0.2, 0.25) is 0 Å². The molecular formula is C28H27F2N5O4. The highest BCUT2D eigenvalue weighted by Crippen LogP contribution is 2.44. The normalized spacial score (nSPS) is 21.9. The number of nitrogens with one attached hydrogen (secondary N) is 1. The van der Waals surface area contributed by atoms with Crippen LogP contribution in [0.15, 0.2) is 59.7 Å². The number of aliphatic hydroxyl groups excluding tert-OH is 1. The van der Waals surface area contributed by atoms with E-state index in [1.165, 1.54) is 12.1 Å². The first-order chi connectivity index (χ1) is 18.9. The van der Waals surface area contributed by atoms with Gasteiger partial charge < -0.3 is 14.7 Å². The van der Waals surface area contributed by atoms with Crippen LogP contribution in [0.1, 0.15) is 66.7 Å². The molecule has 6 rings (SSSR count). The van der Waals surface area contributed by atoms with Crippen LogP contribution in [0.3, 0.4) is 0 Å². The van der Waals surface area contributed by atoms with Crippen molar-refractivity contribution in [2.45, 2.75) is 49.9 Å². The fourth-order valence-electron chi connectivity index (χ4n) is 5.87. The number of ether oxygens (including phenoxy) is 1. The van der Waals surface area contributed by atoms with E-state index in [9.17, 15) is 23.5 Å². The van der Waals surface area contributed by atoms with E-state index in [0.717, 1.165) is 11.6 Å². The minimum absolute atomic E-state index is 0.0812. The van der Waals surface area contributed by atoms with Gasteiger partial charge >= 0.3 is 11.8 Å². The number of rotatable bonds is 3. The molecule has 1 aliphatic carbocycles. The monoisotopic (exact) mass is 535 g/mol. The number of aliphatic hydroxyl groups is 1. The zero-order chi connectivity index (χ0) is 27.1. The predicted molar refractivity (Wildman–Crippen MR) is 137 cm³/mol. The molecule has 3 atom stereocenters. The molecule has 11 heteroatoms. The standard InChI is InChI=1S/C28H27F2N5O4/c29-17-13-16(14-18(30)15-17)20-5-6-23(24-21(25(20)36)3-1-9-31-24)39-28(38)34-11-7-19(8-12-34)35-22-4-2-10-32-26(22)33-27(35)37/h1-4,9-10,13-15,19-20,23,25,36H,5-8,11-12H2,(H,32,33,37)/t20-,23+,25-/m0/s1.